The lowest BCUT2D eigenvalue weighted by Gasteiger charge is -2.23. The fourth-order valence-corrected chi connectivity index (χ4v) is 3.97. The number of halogens is 3. The number of fused-ring (bicyclic) bond motifs is 1. The van der Waals surface area contributed by atoms with Crippen molar-refractivity contribution in [2.75, 3.05) is 6.54 Å². The maximum Gasteiger partial charge on any atom is 0.573 e. The molecule has 1 saturated heterocycles. The van der Waals surface area contributed by atoms with Crippen molar-refractivity contribution >= 4 is 16.9 Å². The monoisotopic (exact) mass is 417 g/mol. The van der Waals surface area contributed by atoms with Crippen molar-refractivity contribution in [2.24, 2.45) is 0 Å². The van der Waals surface area contributed by atoms with Crippen molar-refractivity contribution in [1.29, 1.82) is 0 Å². The van der Waals surface area contributed by atoms with Crippen molar-refractivity contribution in [1.82, 2.24) is 14.9 Å². The van der Waals surface area contributed by atoms with E-state index in [9.17, 15) is 18.0 Å². The smallest absolute Gasteiger partial charge is 0.406 e. The van der Waals surface area contributed by atoms with E-state index in [1.54, 1.807) is 17.0 Å². The number of hydrogen-bond acceptors (Lipinski definition) is 3. The van der Waals surface area contributed by atoms with E-state index >= 15 is 0 Å². The van der Waals surface area contributed by atoms with Crippen LogP contribution in [0.25, 0.3) is 11.0 Å². The Balaban J connectivity index is 1.47. The Morgan fingerprint density at radius 3 is 2.87 bits per heavy atom. The summed E-state index contributed by atoms with van der Waals surface area (Å²) in [6.07, 6.45) is -2.82. The minimum atomic E-state index is -4.76. The van der Waals surface area contributed by atoms with Gasteiger partial charge in [-0.25, -0.2) is 4.98 Å². The van der Waals surface area contributed by atoms with Gasteiger partial charge < -0.3 is 14.6 Å². The largest absolute Gasteiger partial charge is 0.573 e. The van der Waals surface area contributed by atoms with Crippen LogP contribution >= 0.6 is 0 Å². The van der Waals surface area contributed by atoms with Crippen LogP contribution in [0.3, 0.4) is 0 Å². The molecule has 4 rings (SSSR count). The predicted octanol–water partition coefficient (Wildman–Crippen LogP) is 5.07. The van der Waals surface area contributed by atoms with Crippen LogP contribution in [0.1, 0.15) is 42.3 Å². The van der Waals surface area contributed by atoms with Crippen LogP contribution in [0.4, 0.5) is 13.2 Å². The van der Waals surface area contributed by atoms with Gasteiger partial charge in [0, 0.05) is 13.0 Å². The van der Waals surface area contributed by atoms with Crippen LogP contribution in [0.5, 0.6) is 5.75 Å². The Kier molecular flexibility index (Phi) is 5.40. The van der Waals surface area contributed by atoms with E-state index in [0.717, 1.165) is 35.3 Å². The number of amides is 1. The summed E-state index contributed by atoms with van der Waals surface area (Å²) >= 11 is 0. The summed E-state index contributed by atoms with van der Waals surface area (Å²) in [7, 11) is 0. The van der Waals surface area contributed by atoms with Gasteiger partial charge in [0.15, 0.2) is 0 Å². The zero-order valence-electron chi connectivity index (χ0n) is 16.5. The zero-order valence-corrected chi connectivity index (χ0v) is 16.5. The molecule has 0 bridgehead atoms. The average Bonchev–Trinajstić information content (AvgIpc) is 3.32. The van der Waals surface area contributed by atoms with Crippen molar-refractivity contribution in [3.63, 3.8) is 0 Å². The number of carbonyl (C=O) groups excluding carboxylic acids is 1. The molecule has 0 saturated carbocycles. The maximum atomic E-state index is 12.9. The van der Waals surface area contributed by atoms with E-state index in [0.29, 0.717) is 12.1 Å². The zero-order chi connectivity index (χ0) is 21.3. The standard InChI is InChI=1S/C22H22F3N3O2/c1-14-8-10-16-17(13-14)27-21(26-16)18-6-4-12-28(18)20(29)11-9-15-5-2-3-7-19(15)30-22(23,24)25/h2-3,5,7-8,10,13,18H,4,6,9,11-12H2,1H3,(H,26,27). The summed E-state index contributed by atoms with van der Waals surface area (Å²) in [5.41, 5.74) is 3.27. The number of imidazole rings is 1. The summed E-state index contributed by atoms with van der Waals surface area (Å²) in [6.45, 7) is 2.62. The van der Waals surface area contributed by atoms with Crippen LogP contribution in [-0.2, 0) is 11.2 Å². The number of hydrogen-bond donors (Lipinski definition) is 1. The first-order chi connectivity index (χ1) is 14.3. The normalized spacial score (nSPS) is 16.9. The topological polar surface area (TPSA) is 58.2 Å². The molecule has 0 radical (unpaired) electrons. The van der Waals surface area contributed by atoms with Gasteiger partial charge in [-0.1, -0.05) is 24.3 Å². The number of aromatic amines is 1. The van der Waals surface area contributed by atoms with Gasteiger partial charge >= 0.3 is 6.36 Å². The molecule has 1 unspecified atom stereocenters. The van der Waals surface area contributed by atoms with Crippen LogP contribution in [0.2, 0.25) is 0 Å². The highest BCUT2D eigenvalue weighted by Crippen LogP contribution is 2.33. The highest BCUT2D eigenvalue weighted by molar-refractivity contribution is 5.78. The summed E-state index contributed by atoms with van der Waals surface area (Å²) < 4.78 is 41.9. The fraction of sp³-hybridized carbons (Fsp3) is 0.364. The number of alkyl halides is 3. The molecule has 0 spiro atoms. The first-order valence-electron chi connectivity index (χ1n) is 9.89. The minimum Gasteiger partial charge on any atom is -0.406 e. The maximum absolute atomic E-state index is 12.9. The molecule has 2 heterocycles. The quantitative estimate of drug-likeness (QED) is 0.631. The Hall–Kier alpha value is -3.03. The number of aryl methyl sites for hydroxylation is 2. The van der Waals surface area contributed by atoms with Crippen molar-refractivity contribution in [3.8, 4) is 5.75 Å². The molecule has 30 heavy (non-hydrogen) atoms. The summed E-state index contributed by atoms with van der Waals surface area (Å²) in [5.74, 6) is 0.390. The Morgan fingerprint density at radius 2 is 2.07 bits per heavy atom. The van der Waals surface area contributed by atoms with Gasteiger partial charge in [-0.15, -0.1) is 13.2 Å². The van der Waals surface area contributed by atoms with Gasteiger partial charge in [-0.2, -0.15) is 0 Å². The second-order valence-electron chi connectivity index (χ2n) is 7.54. The number of benzene rings is 2. The number of H-pyrrole nitrogens is 1. The number of nitrogens with one attached hydrogen (secondary N) is 1. The van der Waals surface area contributed by atoms with Crippen LogP contribution in [0, 0.1) is 6.92 Å². The van der Waals surface area contributed by atoms with Crippen molar-refractivity contribution in [3.05, 3.63) is 59.4 Å². The van der Waals surface area contributed by atoms with E-state index < -0.39 is 6.36 Å². The number of ether oxygens (including phenoxy) is 1. The minimum absolute atomic E-state index is 0.101. The molecule has 3 aromatic rings. The molecule has 1 aliphatic heterocycles. The Bertz CT molecular complexity index is 1060. The highest BCUT2D eigenvalue weighted by atomic mass is 19.4. The molecule has 1 N–H and O–H groups in total. The molecule has 2 aromatic carbocycles. The van der Waals surface area contributed by atoms with Gasteiger partial charge in [0.2, 0.25) is 5.91 Å². The molecule has 1 aromatic heterocycles. The number of aromatic nitrogens is 2. The van der Waals surface area contributed by atoms with E-state index in [1.807, 2.05) is 25.1 Å². The molecule has 1 aliphatic rings. The number of nitrogens with zero attached hydrogens (tertiary/aromatic N) is 2. The third-order valence-electron chi connectivity index (χ3n) is 5.35. The lowest BCUT2D eigenvalue weighted by molar-refractivity contribution is -0.274. The third kappa shape index (κ3) is 4.42. The molecule has 1 atom stereocenters. The van der Waals surface area contributed by atoms with Gasteiger partial charge in [0.25, 0.3) is 0 Å². The molecule has 5 nitrogen and oxygen atoms in total. The highest BCUT2D eigenvalue weighted by Gasteiger charge is 2.33. The number of rotatable bonds is 5. The lowest BCUT2D eigenvalue weighted by atomic mass is 10.1. The molecule has 0 aliphatic carbocycles. The summed E-state index contributed by atoms with van der Waals surface area (Å²) in [5, 5.41) is 0. The van der Waals surface area contributed by atoms with Crippen LogP contribution in [-0.4, -0.2) is 33.7 Å². The van der Waals surface area contributed by atoms with Gasteiger partial charge in [0.05, 0.1) is 17.1 Å². The van der Waals surface area contributed by atoms with E-state index in [-0.39, 0.29) is 30.5 Å². The van der Waals surface area contributed by atoms with Crippen molar-refractivity contribution < 1.29 is 22.7 Å². The number of likely N-dealkylation sites (tertiary alicyclic amines) is 1. The van der Waals surface area contributed by atoms with Gasteiger partial charge in [-0.05, 0) is 55.5 Å². The van der Waals surface area contributed by atoms with E-state index in [1.165, 1.54) is 12.1 Å². The lowest BCUT2D eigenvalue weighted by Crippen LogP contribution is -2.31. The predicted molar refractivity (Wildman–Crippen MR) is 106 cm³/mol. The molecular weight excluding hydrogens is 395 g/mol. The Labute approximate surface area is 171 Å². The van der Waals surface area contributed by atoms with Crippen LogP contribution < -0.4 is 4.74 Å². The molecule has 158 valence electrons. The second-order valence-corrected chi connectivity index (χ2v) is 7.54. The molecule has 1 amide bonds. The average molecular weight is 417 g/mol. The van der Waals surface area contributed by atoms with Gasteiger partial charge in [0.1, 0.15) is 11.6 Å². The van der Waals surface area contributed by atoms with Crippen LogP contribution in [0.15, 0.2) is 42.5 Å². The molecule has 1 fully saturated rings. The number of para-hydroxylation sites is 1. The van der Waals surface area contributed by atoms with E-state index in [4.69, 9.17) is 0 Å². The number of carbonyl (C=O) groups is 1. The second kappa shape index (κ2) is 8.01. The molecular formula is C22H22F3N3O2. The van der Waals surface area contributed by atoms with E-state index in [2.05, 4.69) is 14.7 Å². The first-order valence-corrected chi connectivity index (χ1v) is 9.89. The third-order valence-corrected chi connectivity index (χ3v) is 5.35. The van der Waals surface area contributed by atoms with Gasteiger partial charge in [-0.3, -0.25) is 4.79 Å². The summed E-state index contributed by atoms with van der Waals surface area (Å²) in [6, 6.07) is 11.7. The first kappa shape index (κ1) is 20.3. The fourth-order valence-electron chi connectivity index (χ4n) is 3.97. The SMILES string of the molecule is Cc1ccc2nc(C3CCCN3C(=O)CCc3ccccc3OC(F)(F)F)[nH]c2c1. The van der Waals surface area contributed by atoms with Crippen molar-refractivity contribution in [2.45, 2.75) is 45.0 Å². The Morgan fingerprint density at radius 1 is 1.27 bits per heavy atom. The summed E-state index contributed by atoms with van der Waals surface area (Å²) in [4.78, 5) is 22.6. The molecule has 8 heteroatoms.